The first-order chi connectivity index (χ1) is 9.52. The van der Waals surface area contributed by atoms with Crippen LogP contribution in [0.2, 0.25) is 0 Å². The zero-order valence-corrected chi connectivity index (χ0v) is 12.3. The van der Waals surface area contributed by atoms with Crippen molar-refractivity contribution in [3.05, 3.63) is 0 Å². The van der Waals surface area contributed by atoms with E-state index in [-0.39, 0.29) is 6.03 Å². The van der Waals surface area contributed by atoms with Gasteiger partial charge in [0, 0.05) is 6.54 Å². The minimum atomic E-state index is -1.07. The molecule has 2 rings (SSSR count). The second-order valence-electron chi connectivity index (χ2n) is 6.56. The van der Waals surface area contributed by atoms with Crippen molar-refractivity contribution >= 4 is 12.0 Å². The SMILES string of the molecule is CC1CCCC(NC(=O)NCCCC2CC2)(C(=O)O)C1. The zero-order chi connectivity index (χ0) is 14.6. The molecule has 2 aliphatic carbocycles. The Morgan fingerprint density at radius 2 is 2.05 bits per heavy atom. The molecule has 0 aliphatic heterocycles. The third-order valence-electron chi connectivity index (χ3n) is 4.53. The summed E-state index contributed by atoms with van der Waals surface area (Å²) in [6.07, 6.45) is 7.75. The number of nitrogens with one attached hydrogen (secondary N) is 2. The molecule has 0 heterocycles. The highest BCUT2D eigenvalue weighted by molar-refractivity contribution is 5.86. The highest BCUT2D eigenvalue weighted by atomic mass is 16.4. The molecule has 0 radical (unpaired) electrons. The molecular formula is C15H26N2O3. The van der Waals surface area contributed by atoms with Gasteiger partial charge in [0.25, 0.3) is 0 Å². The minimum Gasteiger partial charge on any atom is -0.480 e. The Kier molecular flexibility index (Phi) is 4.89. The molecule has 0 aromatic rings. The van der Waals surface area contributed by atoms with Crippen molar-refractivity contribution in [3.63, 3.8) is 0 Å². The summed E-state index contributed by atoms with van der Waals surface area (Å²) in [6.45, 7) is 2.68. The van der Waals surface area contributed by atoms with Crippen molar-refractivity contribution in [3.8, 4) is 0 Å². The van der Waals surface area contributed by atoms with E-state index in [0.29, 0.717) is 25.3 Å². The van der Waals surface area contributed by atoms with Gasteiger partial charge in [-0.05, 0) is 37.5 Å². The summed E-state index contributed by atoms with van der Waals surface area (Å²) >= 11 is 0. The second-order valence-corrected chi connectivity index (χ2v) is 6.56. The molecule has 2 saturated carbocycles. The molecule has 0 bridgehead atoms. The number of carbonyl (C=O) groups is 2. The lowest BCUT2D eigenvalue weighted by molar-refractivity contribution is -0.146. The van der Waals surface area contributed by atoms with Crippen LogP contribution in [0.15, 0.2) is 0 Å². The predicted molar refractivity (Wildman–Crippen MR) is 76.5 cm³/mol. The smallest absolute Gasteiger partial charge is 0.329 e. The molecule has 2 amide bonds. The largest absolute Gasteiger partial charge is 0.480 e. The third-order valence-corrected chi connectivity index (χ3v) is 4.53. The predicted octanol–water partition coefficient (Wildman–Crippen LogP) is 2.51. The molecule has 0 spiro atoms. The van der Waals surface area contributed by atoms with E-state index in [1.54, 1.807) is 0 Å². The van der Waals surface area contributed by atoms with Crippen LogP contribution in [0.5, 0.6) is 0 Å². The Bertz CT molecular complexity index is 368. The number of urea groups is 1. The van der Waals surface area contributed by atoms with Gasteiger partial charge in [-0.25, -0.2) is 9.59 Å². The van der Waals surface area contributed by atoms with Gasteiger partial charge in [0.2, 0.25) is 0 Å². The van der Waals surface area contributed by atoms with Crippen molar-refractivity contribution < 1.29 is 14.7 Å². The quantitative estimate of drug-likeness (QED) is 0.655. The Labute approximate surface area is 120 Å². The lowest BCUT2D eigenvalue weighted by atomic mass is 9.76. The number of hydrogen-bond acceptors (Lipinski definition) is 2. The van der Waals surface area contributed by atoms with Crippen LogP contribution in [0.1, 0.15) is 58.3 Å². The number of carboxylic acids is 1. The molecule has 2 unspecified atom stereocenters. The van der Waals surface area contributed by atoms with Gasteiger partial charge in [-0.1, -0.05) is 32.6 Å². The monoisotopic (exact) mass is 282 g/mol. The van der Waals surface area contributed by atoms with Crippen LogP contribution in [-0.4, -0.2) is 29.2 Å². The molecule has 114 valence electrons. The van der Waals surface area contributed by atoms with E-state index >= 15 is 0 Å². The number of carbonyl (C=O) groups excluding carboxylic acids is 1. The first-order valence-electron chi connectivity index (χ1n) is 7.81. The molecule has 0 saturated heterocycles. The standard InChI is InChI=1S/C15H26N2O3/c1-11-4-2-8-15(10-11,13(18)19)17-14(20)16-9-3-5-12-6-7-12/h11-12H,2-10H2,1H3,(H,18,19)(H2,16,17,20). The molecular weight excluding hydrogens is 256 g/mol. The fourth-order valence-corrected chi connectivity index (χ4v) is 3.17. The number of amides is 2. The van der Waals surface area contributed by atoms with E-state index in [0.717, 1.165) is 25.2 Å². The van der Waals surface area contributed by atoms with E-state index in [9.17, 15) is 14.7 Å². The summed E-state index contributed by atoms with van der Waals surface area (Å²) in [5.74, 6) is 0.302. The summed E-state index contributed by atoms with van der Waals surface area (Å²) in [5.41, 5.74) is -1.07. The molecule has 2 fully saturated rings. The molecule has 5 nitrogen and oxygen atoms in total. The Hall–Kier alpha value is -1.26. The van der Waals surface area contributed by atoms with Crippen LogP contribution in [0, 0.1) is 11.8 Å². The maximum atomic E-state index is 11.9. The maximum absolute atomic E-state index is 11.9. The van der Waals surface area contributed by atoms with E-state index in [4.69, 9.17) is 0 Å². The average Bonchev–Trinajstić information content (AvgIpc) is 3.18. The molecule has 2 atom stereocenters. The summed E-state index contributed by atoms with van der Waals surface area (Å²) in [7, 11) is 0. The Balaban J connectivity index is 1.77. The van der Waals surface area contributed by atoms with Crippen LogP contribution >= 0.6 is 0 Å². The van der Waals surface area contributed by atoms with Gasteiger partial charge in [0.1, 0.15) is 5.54 Å². The Morgan fingerprint density at radius 1 is 1.30 bits per heavy atom. The number of hydrogen-bond donors (Lipinski definition) is 3. The van der Waals surface area contributed by atoms with Crippen molar-refractivity contribution in [2.24, 2.45) is 11.8 Å². The van der Waals surface area contributed by atoms with Gasteiger partial charge in [0.05, 0.1) is 0 Å². The Morgan fingerprint density at radius 3 is 2.65 bits per heavy atom. The van der Waals surface area contributed by atoms with Gasteiger partial charge < -0.3 is 15.7 Å². The number of rotatable bonds is 6. The molecule has 0 aromatic heterocycles. The zero-order valence-electron chi connectivity index (χ0n) is 12.3. The van der Waals surface area contributed by atoms with Crippen LogP contribution in [-0.2, 0) is 4.79 Å². The summed E-state index contributed by atoms with van der Waals surface area (Å²) in [4.78, 5) is 23.4. The molecule has 0 aromatic carbocycles. The van der Waals surface area contributed by atoms with Crippen molar-refractivity contribution in [1.82, 2.24) is 10.6 Å². The molecule has 3 N–H and O–H groups in total. The third kappa shape index (κ3) is 4.12. The molecule has 5 heteroatoms. The van der Waals surface area contributed by atoms with Gasteiger partial charge >= 0.3 is 12.0 Å². The first-order valence-corrected chi connectivity index (χ1v) is 7.81. The number of aliphatic carboxylic acids is 1. The summed E-state index contributed by atoms with van der Waals surface area (Å²) in [5, 5.41) is 15.0. The fourth-order valence-electron chi connectivity index (χ4n) is 3.17. The lowest BCUT2D eigenvalue weighted by Gasteiger charge is -2.37. The normalized spacial score (nSPS) is 29.8. The van der Waals surface area contributed by atoms with Crippen LogP contribution < -0.4 is 10.6 Å². The molecule has 2 aliphatic rings. The van der Waals surface area contributed by atoms with Gasteiger partial charge in [-0.2, -0.15) is 0 Å². The molecule has 20 heavy (non-hydrogen) atoms. The highest BCUT2D eigenvalue weighted by Gasteiger charge is 2.43. The maximum Gasteiger partial charge on any atom is 0.329 e. The fraction of sp³-hybridized carbons (Fsp3) is 0.867. The van der Waals surface area contributed by atoms with Crippen molar-refractivity contribution in [2.45, 2.75) is 63.8 Å². The summed E-state index contributed by atoms with van der Waals surface area (Å²) in [6, 6.07) is -0.336. The van der Waals surface area contributed by atoms with Gasteiger partial charge in [0.15, 0.2) is 0 Å². The van der Waals surface area contributed by atoms with Crippen molar-refractivity contribution in [1.29, 1.82) is 0 Å². The highest BCUT2D eigenvalue weighted by Crippen LogP contribution is 2.33. The van der Waals surface area contributed by atoms with Crippen LogP contribution in [0.3, 0.4) is 0 Å². The van der Waals surface area contributed by atoms with Crippen LogP contribution in [0.4, 0.5) is 4.79 Å². The van der Waals surface area contributed by atoms with Gasteiger partial charge in [-0.15, -0.1) is 0 Å². The number of carboxylic acid groups (broad SMARTS) is 1. The first kappa shape index (κ1) is 15.1. The van der Waals surface area contributed by atoms with E-state index in [1.807, 2.05) is 6.92 Å². The lowest BCUT2D eigenvalue weighted by Crippen LogP contribution is -2.59. The van der Waals surface area contributed by atoms with Crippen LogP contribution in [0.25, 0.3) is 0 Å². The topological polar surface area (TPSA) is 78.4 Å². The van der Waals surface area contributed by atoms with Gasteiger partial charge in [-0.3, -0.25) is 0 Å². The van der Waals surface area contributed by atoms with E-state index in [2.05, 4.69) is 10.6 Å². The van der Waals surface area contributed by atoms with Crippen molar-refractivity contribution in [2.75, 3.05) is 6.54 Å². The van der Waals surface area contributed by atoms with E-state index in [1.165, 1.54) is 19.3 Å². The van der Waals surface area contributed by atoms with E-state index < -0.39 is 11.5 Å². The second kappa shape index (κ2) is 6.46. The summed E-state index contributed by atoms with van der Waals surface area (Å²) < 4.78 is 0. The minimum absolute atomic E-state index is 0.336. The average molecular weight is 282 g/mol.